The molecule has 3 N–H and O–H groups in total. The molecule has 0 aliphatic heterocycles. The van der Waals surface area contributed by atoms with Gasteiger partial charge >= 0.3 is 0 Å². The summed E-state index contributed by atoms with van der Waals surface area (Å²) in [5.41, 5.74) is 2.95. The minimum Gasteiger partial charge on any atom is -0.507 e. The number of amides is 2. The Bertz CT molecular complexity index is 794. The van der Waals surface area contributed by atoms with Crippen molar-refractivity contribution in [3.8, 4) is 5.75 Å². The smallest absolute Gasteiger partial charge is 0.249 e. The summed E-state index contributed by atoms with van der Waals surface area (Å²) < 4.78 is 0. The fourth-order valence-corrected chi connectivity index (χ4v) is 2.11. The summed E-state index contributed by atoms with van der Waals surface area (Å²) in [6.07, 6.45) is 0.801. The molecule has 0 saturated heterocycles. The number of carbonyl (C=O) groups is 2. The Hall–Kier alpha value is -2.57. The van der Waals surface area contributed by atoms with Gasteiger partial charge in [-0.05, 0) is 30.3 Å². The molecule has 0 atom stereocenters. The molecule has 0 aromatic heterocycles. The van der Waals surface area contributed by atoms with E-state index in [0.717, 1.165) is 0 Å². The van der Waals surface area contributed by atoms with E-state index >= 15 is 0 Å². The normalized spacial score (nSPS) is 10.6. The quantitative estimate of drug-likeness (QED) is 0.431. The summed E-state index contributed by atoms with van der Waals surface area (Å²) in [7, 11) is 0. The number of hydrazone groups is 1. The standard InChI is InChI=1S/C16H13Cl2N3O3/c17-11-5-6-14(22)10(7-11)9-19-21-16(24)8-15(23)20-13-4-2-1-3-12(13)18/h1-7,9,22H,8H2,(H,20,23)(H,21,24). The van der Waals surface area contributed by atoms with Crippen LogP contribution in [0, 0.1) is 0 Å². The number of rotatable bonds is 5. The first-order chi connectivity index (χ1) is 11.5. The summed E-state index contributed by atoms with van der Waals surface area (Å²) in [5.74, 6) is -1.17. The van der Waals surface area contributed by atoms with Gasteiger partial charge < -0.3 is 10.4 Å². The fourth-order valence-electron chi connectivity index (χ4n) is 1.74. The van der Waals surface area contributed by atoms with Crippen molar-refractivity contribution in [3.63, 3.8) is 0 Å². The molecule has 0 saturated carbocycles. The number of anilines is 1. The number of phenolic OH excluding ortho intramolecular Hbond substituents is 1. The fraction of sp³-hybridized carbons (Fsp3) is 0.0625. The van der Waals surface area contributed by atoms with Crippen LogP contribution in [0.2, 0.25) is 10.0 Å². The molecule has 0 spiro atoms. The van der Waals surface area contributed by atoms with Gasteiger partial charge in [0.1, 0.15) is 12.2 Å². The first kappa shape index (κ1) is 17.8. The van der Waals surface area contributed by atoms with Gasteiger partial charge in [-0.25, -0.2) is 5.43 Å². The highest BCUT2D eigenvalue weighted by atomic mass is 35.5. The Morgan fingerprint density at radius 2 is 1.88 bits per heavy atom. The van der Waals surface area contributed by atoms with E-state index in [1.165, 1.54) is 24.4 Å². The van der Waals surface area contributed by atoms with Crippen LogP contribution < -0.4 is 10.7 Å². The number of benzene rings is 2. The number of carbonyl (C=O) groups excluding carboxylic acids is 2. The van der Waals surface area contributed by atoms with Gasteiger partial charge in [0.15, 0.2) is 0 Å². The maximum Gasteiger partial charge on any atom is 0.249 e. The maximum atomic E-state index is 11.8. The predicted octanol–water partition coefficient (Wildman–Crippen LogP) is 3.18. The molecule has 0 fully saturated rings. The molecular weight excluding hydrogens is 353 g/mol. The lowest BCUT2D eigenvalue weighted by atomic mass is 10.2. The summed E-state index contributed by atoms with van der Waals surface area (Å²) in [6, 6.07) is 11.1. The monoisotopic (exact) mass is 365 g/mol. The van der Waals surface area contributed by atoms with Crippen LogP contribution in [-0.2, 0) is 9.59 Å². The van der Waals surface area contributed by atoms with E-state index in [0.29, 0.717) is 21.3 Å². The van der Waals surface area contributed by atoms with E-state index in [2.05, 4.69) is 15.8 Å². The molecule has 0 radical (unpaired) electrons. The predicted molar refractivity (Wildman–Crippen MR) is 93.6 cm³/mol. The van der Waals surface area contributed by atoms with E-state index in [-0.39, 0.29) is 5.75 Å². The minimum absolute atomic E-state index is 0.0335. The first-order valence-electron chi connectivity index (χ1n) is 6.80. The van der Waals surface area contributed by atoms with E-state index in [4.69, 9.17) is 23.2 Å². The van der Waals surface area contributed by atoms with Gasteiger partial charge in [-0.3, -0.25) is 9.59 Å². The van der Waals surface area contributed by atoms with Crippen molar-refractivity contribution in [1.82, 2.24) is 5.43 Å². The Balaban J connectivity index is 1.87. The van der Waals surface area contributed by atoms with Crippen LogP contribution in [0.15, 0.2) is 47.6 Å². The number of phenols is 1. The molecule has 24 heavy (non-hydrogen) atoms. The highest BCUT2D eigenvalue weighted by molar-refractivity contribution is 6.33. The number of hydrogen-bond donors (Lipinski definition) is 3. The van der Waals surface area contributed by atoms with Gasteiger partial charge in [0.25, 0.3) is 0 Å². The molecule has 124 valence electrons. The van der Waals surface area contributed by atoms with E-state index in [1.807, 2.05) is 0 Å². The molecule has 2 amide bonds. The number of para-hydroxylation sites is 1. The van der Waals surface area contributed by atoms with Crippen molar-refractivity contribution < 1.29 is 14.7 Å². The first-order valence-corrected chi connectivity index (χ1v) is 7.56. The minimum atomic E-state index is -0.614. The lowest BCUT2D eigenvalue weighted by Crippen LogP contribution is -2.24. The number of aromatic hydroxyl groups is 1. The number of halogens is 2. The largest absolute Gasteiger partial charge is 0.507 e. The second kappa shape index (κ2) is 8.33. The van der Waals surface area contributed by atoms with E-state index < -0.39 is 18.2 Å². The van der Waals surface area contributed by atoms with Gasteiger partial charge in [0, 0.05) is 10.6 Å². The van der Waals surface area contributed by atoms with Gasteiger partial charge in [0.05, 0.1) is 16.9 Å². The lowest BCUT2D eigenvalue weighted by molar-refractivity contribution is -0.126. The van der Waals surface area contributed by atoms with Crippen LogP contribution in [0.4, 0.5) is 5.69 Å². The average molecular weight is 366 g/mol. The number of hydrogen-bond acceptors (Lipinski definition) is 4. The van der Waals surface area contributed by atoms with Crippen LogP contribution in [0.25, 0.3) is 0 Å². The number of nitrogens with one attached hydrogen (secondary N) is 2. The van der Waals surface area contributed by atoms with Crippen molar-refractivity contribution >= 4 is 46.9 Å². The third-order valence-corrected chi connectivity index (χ3v) is 3.42. The topological polar surface area (TPSA) is 90.8 Å². The van der Waals surface area contributed by atoms with Gasteiger partial charge in [-0.1, -0.05) is 35.3 Å². The average Bonchev–Trinajstić information content (AvgIpc) is 2.53. The van der Waals surface area contributed by atoms with Crippen molar-refractivity contribution in [2.45, 2.75) is 6.42 Å². The summed E-state index contributed by atoms with van der Waals surface area (Å²) >= 11 is 11.7. The van der Waals surface area contributed by atoms with Crippen molar-refractivity contribution in [1.29, 1.82) is 0 Å². The Kier molecular flexibility index (Phi) is 6.17. The highest BCUT2D eigenvalue weighted by Gasteiger charge is 2.10. The molecule has 0 aliphatic carbocycles. The molecule has 8 heteroatoms. The Morgan fingerprint density at radius 1 is 1.12 bits per heavy atom. The van der Waals surface area contributed by atoms with E-state index in [9.17, 15) is 14.7 Å². The third-order valence-electron chi connectivity index (χ3n) is 2.85. The summed E-state index contributed by atoms with van der Waals surface area (Å²) in [6.45, 7) is 0. The molecular formula is C16H13Cl2N3O3. The molecule has 0 aliphatic rings. The van der Waals surface area contributed by atoms with Gasteiger partial charge in [-0.2, -0.15) is 5.10 Å². The van der Waals surface area contributed by atoms with Crippen LogP contribution >= 0.6 is 23.2 Å². The van der Waals surface area contributed by atoms with Crippen LogP contribution in [0.1, 0.15) is 12.0 Å². The molecule has 0 unspecified atom stereocenters. The SMILES string of the molecule is O=C(CC(=O)Nc1ccccc1Cl)NN=Cc1cc(Cl)ccc1O. The van der Waals surface area contributed by atoms with Gasteiger partial charge in [-0.15, -0.1) is 0 Å². The zero-order valence-corrected chi connectivity index (χ0v) is 13.8. The summed E-state index contributed by atoms with van der Waals surface area (Å²) in [4.78, 5) is 23.4. The van der Waals surface area contributed by atoms with Crippen LogP contribution in [0.3, 0.4) is 0 Å². The second-order valence-electron chi connectivity index (χ2n) is 4.70. The maximum absolute atomic E-state index is 11.8. The molecule has 2 aromatic rings. The second-order valence-corrected chi connectivity index (χ2v) is 5.54. The van der Waals surface area contributed by atoms with Crippen molar-refractivity contribution in [2.24, 2.45) is 5.10 Å². The van der Waals surface area contributed by atoms with Crippen LogP contribution in [0.5, 0.6) is 5.75 Å². The van der Waals surface area contributed by atoms with Crippen molar-refractivity contribution in [3.05, 3.63) is 58.1 Å². The Labute approximate surface area is 148 Å². The highest BCUT2D eigenvalue weighted by Crippen LogP contribution is 2.20. The van der Waals surface area contributed by atoms with E-state index in [1.54, 1.807) is 24.3 Å². The third kappa shape index (κ3) is 5.26. The van der Waals surface area contributed by atoms with Crippen LogP contribution in [-0.4, -0.2) is 23.1 Å². The summed E-state index contributed by atoms with van der Waals surface area (Å²) in [5, 5.41) is 16.6. The zero-order valence-electron chi connectivity index (χ0n) is 12.3. The molecule has 0 bridgehead atoms. The molecule has 6 nitrogen and oxygen atoms in total. The zero-order chi connectivity index (χ0) is 17.5. The van der Waals surface area contributed by atoms with Crippen molar-refractivity contribution in [2.75, 3.05) is 5.32 Å². The lowest BCUT2D eigenvalue weighted by Gasteiger charge is -2.06. The Morgan fingerprint density at radius 3 is 2.62 bits per heavy atom. The molecule has 2 aromatic carbocycles. The molecule has 2 rings (SSSR count). The van der Waals surface area contributed by atoms with Gasteiger partial charge in [0.2, 0.25) is 11.8 Å². The number of nitrogens with zero attached hydrogens (tertiary/aromatic N) is 1. The molecule has 0 heterocycles.